The van der Waals surface area contributed by atoms with E-state index in [0.717, 1.165) is 37.9 Å². The van der Waals surface area contributed by atoms with Gasteiger partial charge in [0.1, 0.15) is 0 Å². The van der Waals surface area contributed by atoms with E-state index in [1.807, 2.05) is 19.1 Å². The van der Waals surface area contributed by atoms with Crippen LogP contribution in [-0.2, 0) is 0 Å². The van der Waals surface area contributed by atoms with Crippen LogP contribution in [0, 0.1) is 12.8 Å². The molecule has 1 fully saturated rings. The first-order valence-electron chi connectivity index (χ1n) is 10.2. The van der Waals surface area contributed by atoms with Gasteiger partial charge in [-0.3, -0.25) is 4.79 Å². The number of carbonyl (C=O) groups excluding carboxylic acids is 1. The Morgan fingerprint density at radius 3 is 2.93 bits per heavy atom. The first kappa shape index (κ1) is 20.0. The van der Waals surface area contributed by atoms with E-state index in [0.29, 0.717) is 43.4 Å². The SMILES string of the molecule is CCCCN1CC[C@H](CNC(=O)c2cc(C)cc3c2OCCCO3)[C@H](O)C1. The maximum atomic E-state index is 12.8. The van der Waals surface area contributed by atoms with Crippen LogP contribution in [0.5, 0.6) is 11.5 Å². The van der Waals surface area contributed by atoms with E-state index < -0.39 is 6.10 Å². The maximum absolute atomic E-state index is 12.8. The number of unbranched alkanes of at least 4 members (excludes halogenated alkanes) is 1. The normalized spacial score (nSPS) is 22.9. The molecule has 1 aromatic carbocycles. The molecular weight excluding hydrogens is 344 g/mol. The molecule has 2 heterocycles. The van der Waals surface area contributed by atoms with Crippen molar-refractivity contribution >= 4 is 5.91 Å². The van der Waals surface area contributed by atoms with Gasteiger partial charge in [0.15, 0.2) is 11.5 Å². The van der Waals surface area contributed by atoms with Gasteiger partial charge in [0, 0.05) is 25.4 Å². The third kappa shape index (κ3) is 5.14. The van der Waals surface area contributed by atoms with E-state index in [4.69, 9.17) is 9.47 Å². The second-order valence-corrected chi connectivity index (χ2v) is 7.67. The molecule has 150 valence electrons. The molecule has 6 heteroatoms. The predicted octanol–water partition coefficient (Wildman–Crippen LogP) is 2.37. The Kier molecular flexibility index (Phi) is 6.96. The predicted molar refractivity (Wildman–Crippen MR) is 105 cm³/mol. The van der Waals surface area contributed by atoms with Gasteiger partial charge in [0.25, 0.3) is 5.91 Å². The summed E-state index contributed by atoms with van der Waals surface area (Å²) in [6.45, 7) is 8.46. The van der Waals surface area contributed by atoms with Gasteiger partial charge < -0.3 is 24.8 Å². The molecule has 1 saturated heterocycles. The average molecular weight is 376 g/mol. The number of benzene rings is 1. The zero-order valence-electron chi connectivity index (χ0n) is 16.5. The van der Waals surface area contributed by atoms with Gasteiger partial charge in [-0.05, 0) is 50.6 Å². The Bertz CT molecular complexity index is 649. The number of aryl methyl sites for hydroxylation is 1. The summed E-state index contributed by atoms with van der Waals surface area (Å²) < 4.78 is 11.5. The summed E-state index contributed by atoms with van der Waals surface area (Å²) >= 11 is 0. The smallest absolute Gasteiger partial charge is 0.255 e. The molecule has 1 aromatic rings. The fourth-order valence-electron chi connectivity index (χ4n) is 3.77. The highest BCUT2D eigenvalue weighted by atomic mass is 16.5. The highest BCUT2D eigenvalue weighted by molar-refractivity contribution is 5.98. The number of ether oxygens (including phenoxy) is 2. The molecule has 0 unspecified atom stereocenters. The molecule has 2 aliphatic heterocycles. The number of fused-ring (bicyclic) bond motifs is 1. The fourth-order valence-corrected chi connectivity index (χ4v) is 3.77. The van der Waals surface area contributed by atoms with Crippen LogP contribution in [0.25, 0.3) is 0 Å². The van der Waals surface area contributed by atoms with Gasteiger partial charge >= 0.3 is 0 Å². The number of hydrogen-bond acceptors (Lipinski definition) is 5. The van der Waals surface area contributed by atoms with E-state index in [1.54, 1.807) is 0 Å². The summed E-state index contributed by atoms with van der Waals surface area (Å²) in [6.07, 6.45) is 3.63. The molecule has 3 rings (SSSR count). The molecular formula is C21H32N2O4. The van der Waals surface area contributed by atoms with Crippen molar-refractivity contribution in [3.05, 3.63) is 23.3 Å². The number of rotatable bonds is 6. The largest absolute Gasteiger partial charge is 0.490 e. The zero-order chi connectivity index (χ0) is 19.2. The summed E-state index contributed by atoms with van der Waals surface area (Å²) in [5.74, 6) is 1.10. The van der Waals surface area contributed by atoms with Crippen molar-refractivity contribution in [2.45, 2.75) is 45.6 Å². The molecule has 0 radical (unpaired) electrons. The Morgan fingerprint density at radius 1 is 1.33 bits per heavy atom. The number of β-amino-alcohol motifs (C(OH)–C–C–N with tert-alkyl or cyclic N) is 1. The molecule has 27 heavy (non-hydrogen) atoms. The topological polar surface area (TPSA) is 71.0 Å². The number of piperidine rings is 1. The van der Waals surface area contributed by atoms with E-state index >= 15 is 0 Å². The minimum atomic E-state index is -0.398. The Labute approximate surface area is 161 Å². The van der Waals surface area contributed by atoms with Crippen LogP contribution in [0.1, 0.15) is 48.5 Å². The number of likely N-dealkylation sites (tertiary alicyclic amines) is 1. The van der Waals surface area contributed by atoms with Crippen LogP contribution in [0.15, 0.2) is 12.1 Å². The van der Waals surface area contributed by atoms with Crippen LogP contribution >= 0.6 is 0 Å². The molecule has 6 nitrogen and oxygen atoms in total. The second-order valence-electron chi connectivity index (χ2n) is 7.67. The number of amides is 1. The molecule has 0 bridgehead atoms. The lowest BCUT2D eigenvalue weighted by Gasteiger charge is -2.36. The van der Waals surface area contributed by atoms with Crippen molar-refractivity contribution < 1.29 is 19.4 Å². The summed E-state index contributed by atoms with van der Waals surface area (Å²) in [5.41, 5.74) is 1.48. The molecule has 0 aliphatic carbocycles. The van der Waals surface area contributed by atoms with Gasteiger partial charge in [0.05, 0.1) is 24.9 Å². The van der Waals surface area contributed by atoms with Crippen molar-refractivity contribution in [3.8, 4) is 11.5 Å². The third-order valence-electron chi connectivity index (χ3n) is 5.39. The van der Waals surface area contributed by atoms with Gasteiger partial charge in [-0.15, -0.1) is 0 Å². The first-order valence-corrected chi connectivity index (χ1v) is 10.2. The quantitative estimate of drug-likeness (QED) is 0.798. The van der Waals surface area contributed by atoms with Crippen molar-refractivity contribution in [3.63, 3.8) is 0 Å². The Hall–Kier alpha value is -1.79. The summed E-state index contributed by atoms with van der Waals surface area (Å²) in [5, 5.41) is 13.5. The second kappa shape index (κ2) is 9.42. The van der Waals surface area contributed by atoms with Gasteiger partial charge in [-0.2, -0.15) is 0 Å². The standard InChI is InChI=1S/C21H32N2O4/c1-3-4-7-23-8-6-16(18(24)14-23)13-22-21(25)17-11-15(2)12-19-20(17)27-10-5-9-26-19/h11-12,16,18,24H,3-10,13-14H2,1-2H3,(H,22,25)/t16-,18-/m1/s1. The lowest BCUT2D eigenvalue weighted by molar-refractivity contribution is 0.0217. The van der Waals surface area contributed by atoms with Crippen molar-refractivity contribution in [1.29, 1.82) is 0 Å². The minimum absolute atomic E-state index is 0.0902. The van der Waals surface area contributed by atoms with Crippen LogP contribution in [-0.4, -0.2) is 61.4 Å². The fraction of sp³-hybridized carbons (Fsp3) is 0.667. The summed E-state index contributed by atoms with van der Waals surface area (Å²) in [7, 11) is 0. The van der Waals surface area contributed by atoms with Crippen molar-refractivity contribution in [2.24, 2.45) is 5.92 Å². The number of hydrogen-bond donors (Lipinski definition) is 2. The molecule has 0 aromatic heterocycles. The highest BCUT2D eigenvalue weighted by Gasteiger charge is 2.28. The van der Waals surface area contributed by atoms with E-state index in [2.05, 4.69) is 17.1 Å². The van der Waals surface area contributed by atoms with E-state index in [1.165, 1.54) is 6.42 Å². The molecule has 2 aliphatic rings. The summed E-state index contributed by atoms with van der Waals surface area (Å²) in [6, 6.07) is 3.75. The number of aliphatic hydroxyl groups is 1. The van der Waals surface area contributed by atoms with Crippen molar-refractivity contribution in [1.82, 2.24) is 10.2 Å². The van der Waals surface area contributed by atoms with Gasteiger partial charge in [0.2, 0.25) is 0 Å². The number of nitrogens with one attached hydrogen (secondary N) is 1. The highest BCUT2D eigenvalue weighted by Crippen LogP contribution is 2.34. The molecule has 1 amide bonds. The number of carbonyl (C=O) groups is 1. The Balaban J connectivity index is 1.59. The maximum Gasteiger partial charge on any atom is 0.255 e. The zero-order valence-corrected chi connectivity index (χ0v) is 16.5. The van der Waals surface area contributed by atoms with Crippen LogP contribution < -0.4 is 14.8 Å². The minimum Gasteiger partial charge on any atom is -0.490 e. The number of aliphatic hydroxyl groups excluding tert-OH is 1. The molecule has 2 atom stereocenters. The third-order valence-corrected chi connectivity index (χ3v) is 5.39. The van der Waals surface area contributed by atoms with Crippen LogP contribution in [0.2, 0.25) is 0 Å². The first-order chi connectivity index (χ1) is 13.1. The molecule has 2 N–H and O–H groups in total. The van der Waals surface area contributed by atoms with Gasteiger partial charge in [-0.25, -0.2) is 0 Å². The van der Waals surface area contributed by atoms with Crippen LogP contribution in [0.4, 0.5) is 0 Å². The number of nitrogens with zero attached hydrogens (tertiary/aromatic N) is 1. The van der Waals surface area contributed by atoms with E-state index in [-0.39, 0.29) is 11.8 Å². The molecule has 0 saturated carbocycles. The van der Waals surface area contributed by atoms with E-state index in [9.17, 15) is 9.90 Å². The monoisotopic (exact) mass is 376 g/mol. The van der Waals surface area contributed by atoms with Gasteiger partial charge in [-0.1, -0.05) is 13.3 Å². The lowest BCUT2D eigenvalue weighted by Crippen LogP contribution is -2.47. The molecule has 0 spiro atoms. The summed E-state index contributed by atoms with van der Waals surface area (Å²) in [4.78, 5) is 15.1. The van der Waals surface area contributed by atoms with Crippen LogP contribution in [0.3, 0.4) is 0 Å². The van der Waals surface area contributed by atoms with Crippen molar-refractivity contribution in [2.75, 3.05) is 39.4 Å². The average Bonchev–Trinajstić information content (AvgIpc) is 2.90. The lowest BCUT2D eigenvalue weighted by atomic mass is 9.93. The Morgan fingerprint density at radius 2 is 2.15 bits per heavy atom.